The van der Waals surface area contributed by atoms with Gasteiger partial charge in [-0.3, -0.25) is 0 Å². The predicted molar refractivity (Wildman–Crippen MR) is 95.0 cm³/mol. The average molecular weight is 369 g/mol. The Balaban J connectivity index is 1.44. The van der Waals surface area contributed by atoms with E-state index < -0.39 is 6.09 Å². The summed E-state index contributed by atoms with van der Waals surface area (Å²) in [4.78, 5) is 26.4. The Bertz CT molecular complexity index is 486. The van der Waals surface area contributed by atoms with Crippen LogP contribution in [0.5, 0.6) is 0 Å². The van der Waals surface area contributed by atoms with Crippen LogP contribution in [0.1, 0.15) is 44.9 Å². The Hall–Kier alpha value is -1.54. The van der Waals surface area contributed by atoms with Crippen molar-refractivity contribution < 1.29 is 23.8 Å². The summed E-state index contributed by atoms with van der Waals surface area (Å²) in [5.74, 6) is 0. The highest BCUT2D eigenvalue weighted by Gasteiger charge is 2.38. The molecule has 2 atom stereocenters. The molecule has 8 nitrogen and oxygen atoms in total. The van der Waals surface area contributed by atoms with E-state index in [1.807, 2.05) is 0 Å². The number of nitrogens with zero attached hydrogens (tertiary/aromatic N) is 1. The molecule has 0 radical (unpaired) electrons. The Morgan fingerprint density at radius 2 is 2.08 bits per heavy atom. The summed E-state index contributed by atoms with van der Waals surface area (Å²) in [6.07, 6.45) is 6.37. The smallest absolute Gasteiger partial charge is 0.407 e. The highest BCUT2D eigenvalue weighted by Crippen LogP contribution is 2.34. The SMILES string of the molecule is COC1(CNC(=O)N2CCCC[C@H]2COC(=O)N[C@@H]2CCOC2)CCC1. The molecule has 148 valence electrons. The lowest BCUT2D eigenvalue weighted by molar-refractivity contribution is -0.0682. The fourth-order valence-corrected chi connectivity index (χ4v) is 3.83. The van der Waals surface area contributed by atoms with Gasteiger partial charge in [-0.05, 0) is 44.9 Å². The molecule has 0 unspecified atom stereocenters. The van der Waals surface area contributed by atoms with Crippen molar-refractivity contribution >= 4 is 12.1 Å². The van der Waals surface area contributed by atoms with Gasteiger partial charge in [0.25, 0.3) is 0 Å². The fourth-order valence-electron chi connectivity index (χ4n) is 3.83. The molecule has 3 amide bonds. The van der Waals surface area contributed by atoms with Crippen molar-refractivity contribution in [2.24, 2.45) is 0 Å². The minimum absolute atomic E-state index is 0.0287. The van der Waals surface area contributed by atoms with Crippen LogP contribution >= 0.6 is 0 Å². The average Bonchev–Trinajstić information content (AvgIpc) is 3.12. The van der Waals surface area contributed by atoms with Gasteiger partial charge < -0.3 is 29.7 Å². The summed E-state index contributed by atoms with van der Waals surface area (Å²) >= 11 is 0. The molecule has 3 aliphatic rings. The molecule has 2 N–H and O–H groups in total. The fraction of sp³-hybridized carbons (Fsp3) is 0.889. The molecule has 26 heavy (non-hydrogen) atoms. The molecular weight excluding hydrogens is 338 g/mol. The van der Waals surface area contributed by atoms with Gasteiger partial charge in [-0.15, -0.1) is 0 Å². The van der Waals surface area contributed by atoms with Crippen LogP contribution in [0.2, 0.25) is 0 Å². The largest absolute Gasteiger partial charge is 0.447 e. The van der Waals surface area contributed by atoms with Gasteiger partial charge in [0.05, 0.1) is 24.3 Å². The highest BCUT2D eigenvalue weighted by molar-refractivity contribution is 5.75. The highest BCUT2D eigenvalue weighted by atomic mass is 16.6. The van der Waals surface area contributed by atoms with Crippen LogP contribution in [0.3, 0.4) is 0 Å². The number of carbonyl (C=O) groups is 2. The number of ether oxygens (including phenoxy) is 3. The van der Waals surface area contributed by atoms with E-state index >= 15 is 0 Å². The van der Waals surface area contributed by atoms with Gasteiger partial charge in [-0.2, -0.15) is 0 Å². The van der Waals surface area contributed by atoms with Crippen LogP contribution in [0.4, 0.5) is 9.59 Å². The molecule has 0 aromatic carbocycles. The lowest BCUT2D eigenvalue weighted by atomic mass is 9.80. The number of likely N-dealkylation sites (tertiary alicyclic amines) is 1. The van der Waals surface area contributed by atoms with Crippen molar-refractivity contribution in [3.8, 4) is 0 Å². The predicted octanol–water partition coefficient (Wildman–Crippen LogP) is 1.63. The van der Waals surface area contributed by atoms with E-state index in [2.05, 4.69) is 10.6 Å². The van der Waals surface area contributed by atoms with E-state index in [1.165, 1.54) is 0 Å². The molecule has 2 heterocycles. The number of rotatable bonds is 6. The van der Waals surface area contributed by atoms with Gasteiger partial charge in [-0.1, -0.05) is 0 Å². The maximum Gasteiger partial charge on any atom is 0.407 e. The van der Waals surface area contributed by atoms with Crippen molar-refractivity contribution in [3.63, 3.8) is 0 Å². The first-order chi connectivity index (χ1) is 12.6. The number of hydrogen-bond acceptors (Lipinski definition) is 5. The Kier molecular flexibility index (Phi) is 6.58. The topological polar surface area (TPSA) is 89.1 Å². The molecule has 1 saturated carbocycles. The quantitative estimate of drug-likeness (QED) is 0.743. The number of carbonyl (C=O) groups excluding carboxylic acids is 2. The summed E-state index contributed by atoms with van der Waals surface area (Å²) in [5, 5.41) is 5.82. The van der Waals surface area contributed by atoms with Gasteiger partial charge in [-0.25, -0.2) is 9.59 Å². The summed E-state index contributed by atoms with van der Waals surface area (Å²) in [6, 6.07) is -0.138. The van der Waals surface area contributed by atoms with Gasteiger partial charge in [0, 0.05) is 26.8 Å². The molecule has 0 aromatic rings. The maximum absolute atomic E-state index is 12.6. The molecule has 3 fully saturated rings. The summed E-state index contributed by atoms with van der Waals surface area (Å²) in [5.41, 5.74) is -0.194. The lowest BCUT2D eigenvalue weighted by Gasteiger charge is -2.42. The normalized spacial score (nSPS) is 27.5. The zero-order valence-corrected chi connectivity index (χ0v) is 15.6. The number of hydrogen-bond donors (Lipinski definition) is 2. The van der Waals surface area contributed by atoms with Crippen molar-refractivity contribution in [2.75, 3.05) is 40.0 Å². The second-order valence-corrected chi connectivity index (χ2v) is 7.55. The second-order valence-electron chi connectivity index (χ2n) is 7.55. The third-order valence-corrected chi connectivity index (χ3v) is 5.81. The maximum atomic E-state index is 12.6. The standard InChI is InChI=1S/C18H31N3O5/c1-24-18(7-4-8-18)13-19-16(22)21-9-3-2-5-15(21)12-26-17(23)20-14-6-10-25-11-14/h14-15H,2-13H2,1H3,(H,19,22)(H,20,23)/t14-,15+/m1/s1. The molecule has 8 heteroatoms. The minimum atomic E-state index is -0.431. The van der Waals surface area contributed by atoms with Crippen molar-refractivity contribution in [3.05, 3.63) is 0 Å². The number of alkyl carbamates (subject to hydrolysis) is 1. The molecule has 0 bridgehead atoms. The summed E-state index contributed by atoms with van der Waals surface area (Å²) in [7, 11) is 1.71. The van der Waals surface area contributed by atoms with Crippen LogP contribution in [0.25, 0.3) is 0 Å². The third kappa shape index (κ3) is 4.79. The number of urea groups is 1. The van der Waals surface area contributed by atoms with Crippen LogP contribution in [-0.4, -0.2) is 74.7 Å². The van der Waals surface area contributed by atoms with Crippen molar-refractivity contribution in [2.45, 2.75) is 62.6 Å². The van der Waals surface area contributed by atoms with Gasteiger partial charge in [0.15, 0.2) is 0 Å². The zero-order valence-electron chi connectivity index (χ0n) is 15.6. The first kappa shape index (κ1) is 19.2. The molecule has 1 aliphatic carbocycles. The van der Waals surface area contributed by atoms with Gasteiger partial charge in [0.1, 0.15) is 6.61 Å². The van der Waals surface area contributed by atoms with Crippen LogP contribution in [-0.2, 0) is 14.2 Å². The monoisotopic (exact) mass is 369 g/mol. The number of piperidine rings is 1. The Morgan fingerprint density at radius 3 is 2.73 bits per heavy atom. The lowest BCUT2D eigenvalue weighted by Crippen LogP contribution is -2.55. The van der Waals surface area contributed by atoms with E-state index in [1.54, 1.807) is 12.0 Å². The molecular formula is C18H31N3O5. The van der Waals surface area contributed by atoms with E-state index in [0.717, 1.165) is 44.9 Å². The van der Waals surface area contributed by atoms with E-state index in [-0.39, 0.29) is 30.3 Å². The molecule has 2 saturated heterocycles. The van der Waals surface area contributed by atoms with Crippen molar-refractivity contribution in [1.29, 1.82) is 0 Å². The molecule has 0 aromatic heterocycles. The van der Waals surface area contributed by atoms with E-state index in [9.17, 15) is 9.59 Å². The molecule has 2 aliphatic heterocycles. The van der Waals surface area contributed by atoms with E-state index in [4.69, 9.17) is 14.2 Å². The first-order valence-electron chi connectivity index (χ1n) is 9.72. The Labute approximate surface area is 154 Å². The Morgan fingerprint density at radius 1 is 1.23 bits per heavy atom. The first-order valence-corrected chi connectivity index (χ1v) is 9.72. The van der Waals surface area contributed by atoms with Crippen molar-refractivity contribution in [1.82, 2.24) is 15.5 Å². The number of amides is 3. The number of nitrogens with one attached hydrogen (secondary N) is 2. The van der Waals surface area contributed by atoms with Crippen LogP contribution in [0.15, 0.2) is 0 Å². The third-order valence-electron chi connectivity index (χ3n) is 5.81. The zero-order chi connectivity index (χ0) is 18.4. The summed E-state index contributed by atoms with van der Waals surface area (Å²) < 4.78 is 16.2. The molecule has 3 rings (SSSR count). The second kappa shape index (κ2) is 8.90. The summed E-state index contributed by atoms with van der Waals surface area (Å²) in [6.45, 7) is 2.66. The van der Waals surface area contributed by atoms with Gasteiger partial charge in [0.2, 0.25) is 0 Å². The number of methoxy groups -OCH3 is 1. The van der Waals surface area contributed by atoms with Gasteiger partial charge >= 0.3 is 12.1 Å². The van der Waals surface area contributed by atoms with E-state index in [0.29, 0.717) is 26.3 Å². The van der Waals surface area contributed by atoms with Crippen LogP contribution < -0.4 is 10.6 Å². The van der Waals surface area contributed by atoms with Crippen LogP contribution in [0, 0.1) is 0 Å². The molecule has 0 spiro atoms. The minimum Gasteiger partial charge on any atom is -0.447 e.